The Morgan fingerprint density at radius 3 is 2.25 bits per heavy atom. The average molecular weight is 419 g/mol. The molecule has 0 saturated heterocycles. The van der Waals surface area contributed by atoms with Gasteiger partial charge in [-0.2, -0.15) is 13.2 Å². The number of nitrogens with zero attached hydrogens (tertiary/aromatic N) is 2. The van der Waals surface area contributed by atoms with Gasteiger partial charge in [-0.25, -0.2) is 4.98 Å². The molecule has 132 valence electrons. The Morgan fingerprint density at radius 2 is 1.88 bits per heavy atom. The molecule has 0 unspecified atom stereocenters. The van der Waals surface area contributed by atoms with Crippen molar-refractivity contribution in [3.63, 3.8) is 0 Å². The van der Waals surface area contributed by atoms with E-state index >= 15 is 0 Å². The minimum Gasteiger partial charge on any atom is -0.385 e. The zero-order chi connectivity index (χ0) is 18.3. The summed E-state index contributed by atoms with van der Waals surface area (Å²) in [5, 5.41) is 0.387. The van der Waals surface area contributed by atoms with Gasteiger partial charge in [-0.05, 0) is 6.92 Å². The number of alkyl halides is 3. The first kappa shape index (κ1) is 21.2. The third-order valence-electron chi connectivity index (χ3n) is 2.30. The van der Waals surface area contributed by atoms with Gasteiger partial charge in [-0.15, -0.1) is 11.3 Å². The number of hydrogen-bond donors (Lipinski definition) is 0. The zero-order valence-corrected chi connectivity index (χ0v) is 15.5. The smallest absolute Gasteiger partial charge is 0.385 e. The van der Waals surface area contributed by atoms with E-state index in [1.165, 1.54) is 12.4 Å². The highest BCUT2D eigenvalue weighted by atomic mass is 35.5. The Morgan fingerprint density at radius 1 is 1.33 bits per heavy atom. The first-order valence-corrected chi connectivity index (χ1v) is 8.62. The molecule has 0 saturated carbocycles. The van der Waals surface area contributed by atoms with Gasteiger partial charge >= 0.3 is 6.18 Å². The van der Waals surface area contributed by atoms with Crippen molar-refractivity contribution < 1.29 is 22.7 Å². The van der Waals surface area contributed by atoms with Gasteiger partial charge in [-0.3, -0.25) is 9.78 Å². The number of hydrogen-bond acceptors (Lipinski definition) is 6. The highest BCUT2D eigenvalue weighted by Crippen LogP contribution is 2.42. The first-order chi connectivity index (χ1) is 11.2. The predicted octanol–water partition coefficient (Wildman–Crippen LogP) is 5.48. The van der Waals surface area contributed by atoms with Gasteiger partial charge in [0, 0.05) is 26.1 Å². The number of ether oxygens (including phenoxy) is 1. The summed E-state index contributed by atoms with van der Waals surface area (Å²) in [5.41, 5.74) is -1.21. The molecule has 2 heterocycles. The fourth-order valence-electron chi connectivity index (χ4n) is 1.22. The van der Waals surface area contributed by atoms with Crippen LogP contribution in [-0.2, 0) is 10.9 Å². The highest BCUT2D eigenvalue weighted by molar-refractivity contribution is 8.01. The minimum atomic E-state index is -4.68. The summed E-state index contributed by atoms with van der Waals surface area (Å²) in [5.74, 6) is 0. The molecular weight excluding hydrogens is 408 g/mol. The van der Waals surface area contributed by atoms with Crippen molar-refractivity contribution >= 4 is 52.6 Å². The van der Waals surface area contributed by atoms with E-state index in [0.717, 1.165) is 18.4 Å². The number of methoxy groups -OCH3 is 1. The van der Waals surface area contributed by atoms with Gasteiger partial charge in [0.2, 0.25) is 0 Å². The van der Waals surface area contributed by atoms with Crippen molar-refractivity contribution in [2.24, 2.45) is 0 Å². The second kappa shape index (κ2) is 9.57. The van der Waals surface area contributed by atoms with Crippen LogP contribution in [0.3, 0.4) is 0 Å². The van der Waals surface area contributed by atoms with E-state index in [1.807, 2.05) is 6.92 Å². The van der Waals surface area contributed by atoms with E-state index in [1.54, 1.807) is 7.11 Å². The largest absolute Gasteiger partial charge is 0.434 e. The van der Waals surface area contributed by atoms with Crippen LogP contribution in [0.4, 0.5) is 13.2 Å². The first-order valence-electron chi connectivity index (χ1n) is 6.23. The van der Waals surface area contributed by atoms with Crippen molar-refractivity contribution in [3.05, 3.63) is 33.0 Å². The van der Waals surface area contributed by atoms with Crippen LogP contribution in [-0.4, -0.2) is 30.0 Å². The van der Waals surface area contributed by atoms with Crippen LogP contribution in [0.15, 0.2) is 21.6 Å². The summed E-state index contributed by atoms with van der Waals surface area (Å²) in [7, 11) is 1.68. The Kier molecular flexibility index (Phi) is 8.44. The van der Waals surface area contributed by atoms with Gasteiger partial charge in [0.05, 0.1) is 14.9 Å². The maximum Gasteiger partial charge on any atom is 0.434 e. The zero-order valence-electron chi connectivity index (χ0n) is 12.4. The summed E-state index contributed by atoms with van der Waals surface area (Å²) >= 11 is 13.2. The molecule has 0 bridgehead atoms. The number of rotatable bonds is 4. The molecule has 0 aliphatic rings. The third-order valence-corrected chi connectivity index (χ3v) is 5.28. The van der Waals surface area contributed by atoms with Crippen molar-refractivity contribution in [2.75, 3.05) is 13.7 Å². The van der Waals surface area contributed by atoms with Crippen molar-refractivity contribution in [1.29, 1.82) is 0 Å². The topological polar surface area (TPSA) is 52.1 Å². The molecule has 0 amide bonds. The lowest BCUT2D eigenvalue weighted by Crippen LogP contribution is -2.08. The lowest BCUT2D eigenvalue weighted by molar-refractivity contribution is -0.141. The van der Waals surface area contributed by atoms with Gasteiger partial charge in [-0.1, -0.05) is 35.0 Å². The molecule has 0 atom stereocenters. The number of pyridine rings is 1. The predicted molar refractivity (Wildman–Crippen MR) is 88.4 cm³/mol. The number of thiazole rings is 1. The molecule has 0 aliphatic carbocycles. The normalized spacial score (nSPS) is 11.0. The van der Waals surface area contributed by atoms with Crippen LogP contribution in [0.5, 0.6) is 0 Å². The molecule has 4 nitrogen and oxygen atoms in total. The lowest BCUT2D eigenvalue weighted by atomic mass is 10.4. The Balaban J connectivity index is 0.000000648. The van der Waals surface area contributed by atoms with E-state index in [0.29, 0.717) is 16.2 Å². The van der Waals surface area contributed by atoms with Gasteiger partial charge in [0.15, 0.2) is 16.3 Å². The molecule has 24 heavy (non-hydrogen) atoms. The van der Waals surface area contributed by atoms with Crippen LogP contribution in [0.2, 0.25) is 10.0 Å². The van der Waals surface area contributed by atoms with E-state index in [9.17, 15) is 18.0 Å². The van der Waals surface area contributed by atoms with E-state index < -0.39 is 16.7 Å². The average Bonchev–Trinajstić information content (AvgIpc) is 2.95. The van der Waals surface area contributed by atoms with Crippen LogP contribution >= 0.6 is 46.3 Å². The van der Waals surface area contributed by atoms with Crippen LogP contribution in [0.1, 0.15) is 22.3 Å². The minimum absolute atomic E-state index is 0.0226. The summed E-state index contributed by atoms with van der Waals surface area (Å²) in [4.78, 5) is 17.7. The maximum absolute atomic E-state index is 12.7. The molecule has 0 spiro atoms. The molecule has 0 fully saturated rings. The Labute approximate surface area is 154 Å². The SMILES string of the molecule is CCOC.O=Cc1sc(Sc2c(Cl)cncc2Cl)nc1C(F)(F)F. The maximum atomic E-state index is 12.7. The quantitative estimate of drug-likeness (QED) is 0.615. The second-order valence-electron chi connectivity index (χ2n) is 3.92. The number of carbonyl (C=O) groups is 1. The number of aromatic nitrogens is 2. The Hall–Kier alpha value is -0.870. The van der Waals surface area contributed by atoms with E-state index in [4.69, 9.17) is 23.2 Å². The van der Waals surface area contributed by atoms with E-state index in [2.05, 4.69) is 14.7 Å². The lowest BCUT2D eigenvalue weighted by Gasteiger charge is -2.03. The standard InChI is InChI=1S/C10H3Cl2F3N2OS2.C3H8O/c11-4-1-16-2-5(12)7(4)20-9-17-8(10(13,14)15)6(3-18)19-9;1-3-4-2/h1-3H;3H2,1-2H3. The summed E-state index contributed by atoms with van der Waals surface area (Å²) in [6.07, 6.45) is -1.93. The molecule has 0 N–H and O–H groups in total. The van der Waals surface area contributed by atoms with Crippen molar-refractivity contribution in [2.45, 2.75) is 22.3 Å². The third kappa shape index (κ3) is 5.89. The summed E-state index contributed by atoms with van der Waals surface area (Å²) < 4.78 is 42.5. The molecular formula is C13H11Cl2F3N2O2S2. The van der Waals surface area contributed by atoms with Gasteiger partial charge < -0.3 is 4.74 Å². The van der Waals surface area contributed by atoms with Gasteiger partial charge in [0.1, 0.15) is 4.88 Å². The van der Waals surface area contributed by atoms with Gasteiger partial charge in [0.25, 0.3) is 0 Å². The number of halogens is 5. The van der Waals surface area contributed by atoms with Crippen LogP contribution in [0.25, 0.3) is 0 Å². The molecule has 2 aromatic heterocycles. The Bertz CT molecular complexity index is 674. The highest BCUT2D eigenvalue weighted by Gasteiger charge is 2.37. The van der Waals surface area contributed by atoms with Crippen molar-refractivity contribution in [3.8, 4) is 0 Å². The fourth-order valence-corrected chi connectivity index (χ4v) is 3.75. The number of aldehydes is 1. The summed E-state index contributed by atoms with van der Waals surface area (Å²) in [6, 6.07) is 0. The number of carbonyl (C=O) groups excluding carboxylic acids is 1. The molecule has 2 rings (SSSR count). The monoisotopic (exact) mass is 418 g/mol. The van der Waals surface area contributed by atoms with Crippen LogP contribution in [0, 0.1) is 0 Å². The van der Waals surface area contributed by atoms with Crippen LogP contribution < -0.4 is 0 Å². The molecule has 0 aliphatic heterocycles. The second-order valence-corrected chi connectivity index (χ2v) is 7.02. The van der Waals surface area contributed by atoms with Crippen molar-refractivity contribution in [1.82, 2.24) is 9.97 Å². The molecule has 0 radical (unpaired) electrons. The molecule has 0 aromatic carbocycles. The summed E-state index contributed by atoms with van der Waals surface area (Å²) in [6.45, 7) is 2.78. The van der Waals surface area contributed by atoms with E-state index in [-0.39, 0.29) is 20.7 Å². The molecule has 2 aromatic rings. The molecule has 11 heteroatoms. The fraction of sp³-hybridized carbons (Fsp3) is 0.308.